The van der Waals surface area contributed by atoms with Gasteiger partial charge in [0, 0.05) is 16.7 Å². The molecular weight excluding hydrogens is 598 g/mol. The molecule has 2 N–H and O–H groups in total. The third kappa shape index (κ3) is 10.3. The van der Waals surface area contributed by atoms with Crippen LogP contribution in [0, 0.1) is 0 Å². The first-order chi connectivity index (χ1) is 22.1. The van der Waals surface area contributed by atoms with Gasteiger partial charge in [0.2, 0.25) is 0 Å². The highest BCUT2D eigenvalue weighted by Gasteiger charge is 2.37. The van der Waals surface area contributed by atoms with Crippen molar-refractivity contribution in [2.24, 2.45) is 0 Å². The molecule has 1 aliphatic rings. The summed E-state index contributed by atoms with van der Waals surface area (Å²) < 4.78 is 38.4. The number of sulfone groups is 1. The van der Waals surface area contributed by atoms with Gasteiger partial charge in [-0.1, -0.05) is 103 Å². The minimum Gasteiger partial charge on any atom is -0.495 e. The fourth-order valence-electron chi connectivity index (χ4n) is 5.93. The minimum absolute atomic E-state index is 0.0519. The average molecular weight is 652 g/mol. The summed E-state index contributed by atoms with van der Waals surface area (Å²) in [6, 6.07) is 11.1. The number of ether oxygens (including phenoxy) is 2. The summed E-state index contributed by atoms with van der Waals surface area (Å²) in [6.07, 6.45) is 19.4. The molecule has 252 valence electrons. The number of hydrogen-bond acceptors (Lipinski definition) is 7. The van der Waals surface area contributed by atoms with E-state index in [0.717, 1.165) is 12.8 Å². The van der Waals surface area contributed by atoms with Crippen LogP contribution in [0.15, 0.2) is 64.6 Å². The van der Waals surface area contributed by atoms with E-state index in [1.54, 1.807) is 31.2 Å². The molecule has 1 aliphatic carbocycles. The smallest absolute Gasteiger partial charge is 0.189 e. The van der Waals surface area contributed by atoms with Crippen LogP contribution in [0.5, 0.6) is 11.5 Å². The van der Waals surface area contributed by atoms with Crippen LogP contribution in [-0.4, -0.2) is 39.0 Å². The van der Waals surface area contributed by atoms with Gasteiger partial charge in [-0.15, -0.1) is 0 Å². The third-order valence-corrected chi connectivity index (χ3v) is 10.9. The van der Waals surface area contributed by atoms with Crippen LogP contribution in [0.2, 0.25) is 0 Å². The standard InChI is InChI=1S/C38H53NO6S/c1-5-6-7-8-9-10-11-12-13-14-15-16-17-18-25-45-31-21-19-30(20-22-31)37-36(34(40)26-28(2)38(37)41)29(3)46(42,43)32-23-24-35(44-4)33(39)27-32/h19-24,26-27,29H,5-18,25,39H2,1-4H3. The summed E-state index contributed by atoms with van der Waals surface area (Å²) in [6.45, 7) is 5.86. The molecule has 0 fully saturated rings. The second kappa shape index (κ2) is 18.7. The summed E-state index contributed by atoms with van der Waals surface area (Å²) >= 11 is 0. The molecular formula is C38H53NO6S. The van der Waals surface area contributed by atoms with E-state index in [-0.39, 0.29) is 33.1 Å². The van der Waals surface area contributed by atoms with Crippen LogP contribution < -0.4 is 15.2 Å². The van der Waals surface area contributed by atoms with Gasteiger partial charge in [0.25, 0.3) is 0 Å². The number of hydrogen-bond donors (Lipinski definition) is 1. The maximum absolute atomic E-state index is 13.6. The zero-order chi connectivity index (χ0) is 33.5. The minimum atomic E-state index is -4.06. The molecule has 2 aromatic rings. The van der Waals surface area contributed by atoms with Crippen LogP contribution in [-0.2, 0) is 19.4 Å². The average Bonchev–Trinajstić information content (AvgIpc) is 3.04. The molecule has 2 aromatic carbocycles. The largest absolute Gasteiger partial charge is 0.495 e. The van der Waals surface area contributed by atoms with Gasteiger partial charge >= 0.3 is 0 Å². The molecule has 3 rings (SSSR count). The Morgan fingerprint density at radius 2 is 1.33 bits per heavy atom. The van der Waals surface area contributed by atoms with E-state index in [9.17, 15) is 18.0 Å². The Balaban J connectivity index is 1.54. The Morgan fingerprint density at radius 3 is 1.85 bits per heavy atom. The highest BCUT2D eigenvalue weighted by atomic mass is 32.2. The summed E-state index contributed by atoms with van der Waals surface area (Å²) in [5.41, 5.74) is 6.91. The van der Waals surface area contributed by atoms with Gasteiger partial charge in [-0.2, -0.15) is 0 Å². The Morgan fingerprint density at radius 1 is 0.783 bits per heavy atom. The first kappa shape index (κ1) is 37.1. The van der Waals surface area contributed by atoms with Gasteiger partial charge in [0.05, 0.1) is 29.5 Å². The van der Waals surface area contributed by atoms with Gasteiger partial charge in [0.1, 0.15) is 11.5 Å². The number of ketones is 2. The lowest BCUT2D eigenvalue weighted by molar-refractivity contribution is -0.114. The monoisotopic (exact) mass is 651 g/mol. The Labute approximate surface area is 276 Å². The van der Waals surface area contributed by atoms with Crippen molar-refractivity contribution in [1.29, 1.82) is 0 Å². The normalized spacial score (nSPS) is 14.4. The zero-order valence-electron chi connectivity index (χ0n) is 28.2. The van der Waals surface area contributed by atoms with Gasteiger partial charge in [-0.25, -0.2) is 8.42 Å². The summed E-state index contributed by atoms with van der Waals surface area (Å²) in [5, 5.41) is -1.28. The maximum Gasteiger partial charge on any atom is 0.189 e. The molecule has 0 amide bonds. The van der Waals surface area contributed by atoms with E-state index in [1.165, 1.54) is 115 Å². The third-order valence-electron chi connectivity index (χ3n) is 8.78. The number of methoxy groups -OCH3 is 1. The van der Waals surface area contributed by atoms with Crippen LogP contribution in [0.4, 0.5) is 5.69 Å². The molecule has 7 nitrogen and oxygen atoms in total. The van der Waals surface area contributed by atoms with Crippen molar-refractivity contribution < 1.29 is 27.5 Å². The Hall–Kier alpha value is -3.39. The highest BCUT2D eigenvalue weighted by Crippen LogP contribution is 2.35. The Bertz CT molecular complexity index is 1470. The molecule has 0 aromatic heterocycles. The summed E-state index contributed by atoms with van der Waals surface area (Å²) in [5.74, 6) is 0.141. The first-order valence-electron chi connectivity index (χ1n) is 17.0. The number of nitrogens with two attached hydrogens (primary N) is 1. The molecule has 0 saturated carbocycles. The number of nitrogen functional groups attached to an aromatic ring is 1. The summed E-state index contributed by atoms with van der Waals surface area (Å²) in [7, 11) is -2.62. The lowest BCUT2D eigenvalue weighted by atomic mass is 9.84. The Kier molecular flexibility index (Phi) is 15.1. The quantitative estimate of drug-likeness (QED) is 0.0815. The van der Waals surface area contributed by atoms with Gasteiger partial charge in [-0.3, -0.25) is 9.59 Å². The van der Waals surface area contributed by atoms with Crippen LogP contribution >= 0.6 is 0 Å². The fourth-order valence-corrected chi connectivity index (χ4v) is 7.43. The number of unbranched alkanes of at least 4 members (excludes halogenated alkanes) is 13. The van der Waals surface area contributed by atoms with Crippen molar-refractivity contribution in [3.63, 3.8) is 0 Å². The maximum atomic E-state index is 13.6. The molecule has 0 spiro atoms. The molecule has 0 aliphatic heterocycles. The predicted octanol–water partition coefficient (Wildman–Crippen LogP) is 8.85. The van der Waals surface area contributed by atoms with Crippen molar-refractivity contribution in [3.05, 3.63) is 65.3 Å². The number of allylic oxidation sites excluding steroid dienone is 3. The van der Waals surface area contributed by atoms with Gasteiger partial charge in [-0.05, 0) is 62.2 Å². The molecule has 46 heavy (non-hydrogen) atoms. The SMILES string of the molecule is CCCCCCCCCCCCCCCCOc1ccc(C2=C(C(C)S(=O)(=O)c3ccc(OC)c(N)c3)C(=O)C=C(C)C2=O)cc1. The van der Waals surface area contributed by atoms with E-state index in [0.29, 0.717) is 23.7 Å². The first-order valence-corrected chi connectivity index (χ1v) is 18.6. The number of Topliss-reactive ketones (excluding diaryl/α,β-unsaturated/α-hetero) is 1. The summed E-state index contributed by atoms with van der Waals surface area (Å²) in [4.78, 5) is 26.5. The van der Waals surface area contributed by atoms with Crippen LogP contribution in [0.1, 0.15) is 116 Å². The number of carbonyl (C=O) groups is 2. The van der Waals surface area contributed by atoms with Crippen molar-refractivity contribution in [2.45, 2.75) is 121 Å². The van der Waals surface area contributed by atoms with E-state index in [2.05, 4.69) is 6.92 Å². The van der Waals surface area contributed by atoms with Crippen LogP contribution in [0.3, 0.4) is 0 Å². The van der Waals surface area contributed by atoms with E-state index < -0.39 is 20.9 Å². The van der Waals surface area contributed by atoms with Gasteiger partial charge < -0.3 is 15.2 Å². The lowest BCUT2D eigenvalue weighted by Crippen LogP contribution is -2.30. The molecule has 0 bridgehead atoms. The molecule has 0 heterocycles. The number of rotatable bonds is 21. The van der Waals surface area contributed by atoms with Crippen molar-refractivity contribution in [2.75, 3.05) is 19.5 Å². The second-order valence-corrected chi connectivity index (χ2v) is 14.6. The van der Waals surface area contributed by atoms with Crippen molar-refractivity contribution in [3.8, 4) is 11.5 Å². The molecule has 1 unspecified atom stereocenters. The zero-order valence-corrected chi connectivity index (χ0v) is 29.1. The van der Waals surface area contributed by atoms with E-state index in [1.807, 2.05) is 0 Å². The van der Waals surface area contributed by atoms with E-state index >= 15 is 0 Å². The molecule has 0 saturated heterocycles. The second-order valence-electron chi connectivity index (χ2n) is 12.4. The molecule has 8 heteroatoms. The van der Waals surface area contributed by atoms with Gasteiger partial charge in [0.15, 0.2) is 21.4 Å². The molecule has 0 radical (unpaired) electrons. The van der Waals surface area contributed by atoms with E-state index in [4.69, 9.17) is 15.2 Å². The van der Waals surface area contributed by atoms with Crippen molar-refractivity contribution in [1.82, 2.24) is 0 Å². The topological polar surface area (TPSA) is 113 Å². The lowest BCUT2D eigenvalue weighted by Gasteiger charge is -2.23. The van der Waals surface area contributed by atoms with Crippen LogP contribution in [0.25, 0.3) is 5.57 Å². The number of carbonyl (C=O) groups excluding carboxylic acids is 2. The predicted molar refractivity (Wildman–Crippen MR) is 187 cm³/mol. The van der Waals surface area contributed by atoms with Crippen molar-refractivity contribution >= 4 is 32.7 Å². The molecule has 1 atom stereocenters. The highest BCUT2D eigenvalue weighted by molar-refractivity contribution is 7.92. The fraction of sp³-hybridized carbons (Fsp3) is 0.526. The number of anilines is 1. The number of benzene rings is 2.